The van der Waals surface area contributed by atoms with Gasteiger partial charge in [0, 0.05) is 26.2 Å². The summed E-state index contributed by atoms with van der Waals surface area (Å²) in [5.74, 6) is 0. The highest BCUT2D eigenvalue weighted by Crippen LogP contribution is 2.37. The standard InChI is InChI=1S/C26H32N2O3/c29-25-28(20-26(31-25)10-2-1-3-11-26)19-22-7-5-9-24(17-22)23-8-4-6-21(16-23)18-27-12-14-30-15-13-27/h4-9,16-17H,1-3,10-15,18-20H2. The summed E-state index contributed by atoms with van der Waals surface area (Å²) >= 11 is 0. The highest BCUT2D eigenvalue weighted by atomic mass is 16.6. The van der Waals surface area contributed by atoms with Gasteiger partial charge in [-0.15, -0.1) is 0 Å². The minimum Gasteiger partial charge on any atom is -0.441 e. The minimum atomic E-state index is -0.235. The van der Waals surface area contributed by atoms with Crippen molar-refractivity contribution in [1.29, 1.82) is 0 Å². The lowest BCUT2D eigenvalue weighted by Gasteiger charge is -2.30. The largest absolute Gasteiger partial charge is 0.441 e. The molecule has 1 amide bonds. The molecule has 0 bridgehead atoms. The number of morpholine rings is 1. The van der Waals surface area contributed by atoms with Gasteiger partial charge >= 0.3 is 6.09 Å². The third-order valence-electron chi connectivity index (χ3n) is 6.88. The maximum atomic E-state index is 12.5. The second-order valence-corrected chi connectivity index (χ2v) is 9.26. The Hall–Kier alpha value is -2.37. The molecule has 0 N–H and O–H groups in total. The van der Waals surface area contributed by atoms with Crippen LogP contribution in [0.25, 0.3) is 11.1 Å². The van der Waals surface area contributed by atoms with E-state index < -0.39 is 0 Å². The third kappa shape index (κ3) is 4.78. The molecule has 1 spiro atoms. The van der Waals surface area contributed by atoms with Crippen molar-refractivity contribution in [3.63, 3.8) is 0 Å². The molecule has 0 radical (unpaired) electrons. The molecule has 5 heteroatoms. The number of rotatable bonds is 5. The first-order valence-corrected chi connectivity index (χ1v) is 11.7. The lowest BCUT2D eigenvalue weighted by Crippen LogP contribution is -2.36. The van der Waals surface area contributed by atoms with E-state index in [0.717, 1.165) is 70.6 Å². The molecule has 0 aromatic heterocycles. The molecule has 3 aliphatic rings. The Labute approximate surface area is 184 Å². The first kappa shape index (κ1) is 20.5. The van der Waals surface area contributed by atoms with Crippen molar-refractivity contribution in [2.24, 2.45) is 0 Å². The predicted octanol–water partition coefficient (Wildman–Crippen LogP) is 4.84. The average molecular weight is 421 g/mol. The van der Waals surface area contributed by atoms with Crippen LogP contribution >= 0.6 is 0 Å². The Morgan fingerprint density at radius 2 is 1.48 bits per heavy atom. The fraction of sp³-hybridized carbons (Fsp3) is 0.500. The number of carbonyl (C=O) groups is 1. The summed E-state index contributed by atoms with van der Waals surface area (Å²) in [4.78, 5) is 16.9. The van der Waals surface area contributed by atoms with Crippen molar-refractivity contribution >= 4 is 6.09 Å². The fourth-order valence-corrected chi connectivity index (χ4v) is 5.21. The molecular weight excluding hydrogens is 388 g/mol. The number of benzene rings is 2. The van der Waals surface area contributed by atoms with Crippen LogP contribution in [0.4, 0.5) is 4.79 Å². The zero-order valence-corrected chi connectivity index (χ0v) is 18.2. The van der Waals surface area contributed by atoms with E-state index in [4.69, 9.17) is 9.47 Å². The van der Waals surface area contributed by atoms with E-state index in [-0.39, 0.29) is 11.7 Å². The van der Waals surface area contributed by atoms with E-state index in [1.165, 1.54) is 23.1 Å². The molecule has 2 aliphatic heterocycles. The Bertz CT molecular complexity index is 916. The number of amides is 1. The van der Waals surface area contributed by atoms with Crippen LogP contribution in [0.5, 0.6) is 0 Å². The van der Waals surface area contributed by atoms with Gasteiger partial charge in [-0.1, -0.05) is 42.8 Å². The topological polar surface area (TPSA) is 42.0 Å². The van der Waals surface area contributed by atoms with Crippen molar-refractivity contribution in [1.82, 2.24) is 9.80 Å². The third-order valence-corrected chi connectivity index (χ3v) is 6.88. The quantitative estimate of drug-likeness (QED) is 0.694. The van der Waals surface area contributed by atoms with Gasteiger partial charge in [0.1, 0.15) is 5.60 Å². The highest BCUT2D eigenvalue weighted by Gasteiger charge is 2.45. The average Bonchev–Trinajstić information content (AvgIpc) is 3.09. The molecule has 2 aromatic carbocycles. The number of ether oxygens (including phenoxy) is 2. The van der Waals surface area contributed by atoms with Gasteiger partial charge in [-0.05, 0) is 60.1 Å². The molecular formula is C26H32N2O3. The number of hydrogen-bond donors (Lipinski definition) is 0. The molecule has 1 saturated carbocycles. The molecule has 2 aromatic rings. The van der Waals surface area contributed by atoms with E-state index in [1.807, 2.05) is 4.90 Å². The van der Waals surface area contributed by atoms with Crippen LogP contribution < -0.4 is 0 Å². The molecule has 1 aliphatic carbocycles. The highest BCUT2D eigenvalue weighted by molar-refractivity contribution is 5.71. The van der Waals surface area contributed by atoms with Crippen LogP contribution in [0.1, 0.15) is 43.2 Å². The normalized spacial score (nSPS) is 21.4. The summed E-state index contributed by atoms with van der Waals surface area (Å²) in [5, 5.41) is 0. The molecule has 31 heavy (non-hydrogen) atoms. The Morgan fingerprint density at radius 1 is 0.839 bits per heavy atom. The van der Waals surface area contributed by atoms with Crippen molar-refractivity contribution in [2.75, 3.05) is 32.8 Å². The van der Waals surface area contributed by atoms with Gasteiger partial charge in [-0.2, -0.15) is 0 Å². The van der Waals surface area contributed by atoms with Gasteiger partial charge < -0.3 is 9.47 Å². The van der Waals surface area contributed by atoms with Crippen molar-refractivity contribution in [2.45, 2.75) is 50.8 Å². The van der Waals surface area contributed by atoms with E-state index in [0.29, 0.717) is 6.54 Å². The van der Waals surface area contributed by atoms with Crippen molar-refractivity contribution in [3.05, 3.63) is 59.7 Å². The van der Waals surface area contributed by atoms with Gasteiger partial charge in [0.2, 0.25) is 0 Å². The molecule has 164 valence electrons. The molecule has 5 nitrogen and oxygen atoms in total. The maximum absolute atomic E-state index is 12.5. The molecule has 3 fully saturated rings. The fourth-order valence-electron chi connectivity index (χ4n) is 5.21. The predicted molar refractivity (Wildman–Crippen MR) is 121 cm³/mol. The molecule has 2 saturated heterocycles. The van der Waals surface area contributed by atoms with E-state index in [9.17, 15) is 4.79 Å². The zero-order valence-electron chi connectivity index (χ0n) is 18.2. The second kappa shape index (κ2) is 9.01. The lowest BCUT2D eigenvalue weighted by molar-refractivity contribution is 0.0260. The van der Waals surface area contributed by atoms with Crippen molar-refractivity contribution < 1.29 is 14.3 Å². The number of carbonyl (C=O) groups excluding carboxylic acids is 1. The van der Waals surface area contributed by atoms with Crippen LogP contribution in [0.2, 0.25) is 0 Å². The molecule has 0 unspecified atom stereocenters. The smallest absolute Gasteiger partial charge is 0.410 e. The summed E-state index contributed by atoms with van der Waals surface area (Å²) in [5.41, 5.74) is 4.66. The van der Waals surface area contributed by atoms with Crippen LogP contribution in [0.3, 0.4) is 0 Å². The van der Waals surface area contributed by atoms with Gasteiger partial charge in [0.25, 0.3) is 0 Å². The first-order valence-electron chi connectivity index (χ1n) is 11.7. The first-order chi connectivity index (χ1) is 15.2. The molecule has 2 heterocycles. The SMILES string of the molecule is O=C1OC2(CCCCC2)CN1Cc1cccc(-c2cccc(CN3CCOCC3)c2)c1. The lowest BCUT2D eigenvalue weighted by atomic mass is 9.85. The van der Waals surface area contributed by atoms with E-state index in [2.05, 4.69) is 53.4 Å². The number of nitrogens with zero attached hydrogens (tertiary/aromatic N) is 2. The van der Waals surface area contributed by atoms with Gasteiger partial charge in [-0.25, -0.2) is 4.79 Å². The van der Waals surface area contributed by atoms with Crippen LogP contribution in [0.15, 0.2) is 48.5 Å². The van der Waals surface area contributed by atoms with Crippen LogP contribution in [-0.4, -0.2) is 54.3 Å². The maximum Gasteiger partial charge on any atom is 0.410 e. The summed E-state index contributed by atoms with van der Waals surface area (Å²) in [7, 11) is 0. The zero-order chi connectivity index (χ0) is 21.1. The van der Waals surface area contributed by atoms with E-state index >= 15 is 0 Å². The van der Waals surface area contributed by atoms with Gasteiger partial charge in [0.15, 0.2) is 0 Å². The number of hydrogen-bond acceptors (Lipinski definition) is 4. The summed E-state index contributed by atoms with van der Waals surface area (Å²) in [6.07, 6.45) is 5.44. The van der Waals surface area contributed by atoms with E-state index in [1.54, 1.807) is 0 Å². The molecule has 0 atom stereocenters. The Morgan fingerprint density at radius 3 is 2.16 bits per heavy atom. The van der Waals surface area contributed by atoms with Gasteiger partial charge in [0.05, 0.1) is 19.8 Å². The Kier molecular flexibility index (Phi) is 5.97. The Balaban J connectivity index is 1.28. The summed E-state index contributed by atoms with van der Waals surface area (Å²) in [6, 6.07) is 17.4. The summed E-state index contributed by atoms with van der Waals surface area (Å²) in [6.45, 7) is 5.93. The van der Waals surface area contributed by atoms with Crippen molar-refractivity contribution in [3.8, 4) is 11.1 Å². The monoisotopic (exact) mass is 420 g/mol. The van der Waals surface area contributed by atoms with Crippen LogP contribution in [0, 0.1) is 0 Å². The summed E-state index contributed by atoms with van der Waals surface area (Å²) < 4.78 is 11.3. The van der Waals surface area contributed by atoms with Gasteiger partial charge in [-0.3, -0.25) is 9.80 Å². The van der Waals surface area contributed by atoms with Crippen LogP contribution in [-0.2, 0) is 22.6 Å². The molecule has 5 rings (SSSR count). The second-order valence-electron chi connectivity index (χ2n) is 9.26. The minimum absolute atomic E-state index is 0.153.